The number of hydrogen-bond acceptors (Lipinski definition) is 1. The zero-order chi connectivity index (χ0) is 12.1. The molecule has 2 aromatic rings. The number of rotatable bonds is 0. The molecule has 0 fully saturated rings. The summed E-state index contributed by atoms with van der Waals surface area (Å²) in [6, 6.07) is 14.9. The molecule has 1 aliphatic carbocycles. The van der Waals surface area contributed by atoms with Crippen LogP contribution >= 0.6 is 15.9 Å². The van der Waals surface area contributed by atoms with E-state index in [0.717, 1.165) is 10.2 Å². The first-order valence-electron chi connectivity index (χ1n) is 6.06. The highest BCUT2D eigenvalue weighted by atomic mass is 79.9. The van der Waals surface area contributed by atoms with Crippen LogP contribution in [0.15, 0.2) is 53.0 Å². The molecular formula is C16H11BrO. The van der Waals surface area contributed by atoms with Gasteiger partial charge >= 0.3 is 0 Å². The molecule has 0 saturated heterocycles. The van der Waals surface area contributed by atoms with E-state index in [1.165, 1.54) is 16.7 Å². The van der Waals surface area contributed by atoms with E-state index in [4.69, 9.17) is 4.74 Å². The van der Waals surface area contributed by atoms with Crippen molar-refractivity contribution in [2.45, 2.75) is 12.0 Å². The molecule has 1 heterocycles. The van der Waals surface area contributed by atoms with Crippen molar-refractivity contribution in [3.8, 4) is 5.75 Å². The highest BCUT2D eigenvalue weighted by Crippen LogP contribution is 2.46. The molecule has 1 aliphatic heterocycles. The zero-order valence-corrected chi connectivity index (χ0v) is 11.2. The summed E-state index contributed by atoms with van der Waals surface area (Å²) < 4.78 is 7.10. The second kappa shape index (κ2) is 3.72. The molecule has 2 unspecified atom stereocenters. The maximum absolute atomic E-state index is 6.03. The van der Waals surface area contributed by atoms with Gasteiger partial charge in [-0.15, -0.1) is 0 Å². The van der Waals surface area contributed by atoms with Crippen molar-refractivity contribution < 1.29 is 4.74 Å². The lowest BCUT2D eigenvalue weighted by molar-refractivity contribution is 0.267. The number of halogens is 1. The van der Waals surface area contributed by atoms with E-state index >= 15 is 0 Å². The lowest BCUT2D eigenvalue weighted by Crippen LogP contribution is -2.20. The first kappa shape index (κ1) is 10.4. The molecule has 0 spiro atoms. The van der Waals surface area contributed by atoms with Crippen molar-refractivity contribution in [3.63, 3.8) is 0 Å². The summed E-state index contributed by atoms with van der Waals surface area (Å²) in [6.07, 6.45) is 4.47. The summed E-state index contributed by atoms with van der Waals surface area (Å²) in [4.78, 5) is 0. The van der Waals surface area contributed by atoms with Crippen molar-refractivity contribution in [3.05, 3.63) is 69.7 Å². The van der Waals surface area contributed by atoms with E-state index < -0.39 is 0 Å². The summed E-state index contributed by atoms with van der Waals surface area (Å²) in [7, 11) is 0. The van der Waals surface area contributed by atoms with Gasteiger partial charge in [-0.2, -0.15) is 0 Å². The van der Waals surface area contributed by atoms with Gasteiger partial charge in [0.05, 0.1) is 5.92 Å². The van der Waals surface area contributed by atoms with Crippen LogP contribution in [0.1, 0.15) is 22.6 Å². The monoisotopic (exact) mass is 298 g/mol. The molecule has 1 nitrogen and oxygen atoms in total. The Balaban J connectivity index is 1.93. The summed E-state index contributed by atoms with van der Waals surface area (Å²) >= 11 is 3.50. The first-order valence-corrected chi connectivity index (χ1v) is 6.85. The Morgan fingerprint density at radius 3 is 2.83 bits per heavy atom. The molecule has 0 aromatic heterocycles. The van der Waals surface area contributed by atoms with E-state index in [-0.39, 0.29) is 6.10 Å². The molecule has 4 rings (SSSR count). The molecule has 18 heavy (non-hydrogen) atoms. The topological polar surface area (TPSA) is 9.23 Å². The van der Waals surface area contributed by atoms with E-state index in [0.29, 0.717) is 5.92 Å². The molecule has 0 radical (unpaired) electrons. The third-order valence-corrected chi connectivity index (χ3v) is 4.19. The molecule has 0 amide bonds. The number of fused-ring (bicyclic) bond motifs is 5. The fourth-order valence-electron chi connectivity index (χ4n) is 2.90. The molecule has 0 bridgehead atoms. The van der Waals surface area contributed by atoms with Crippen molar-refractivity contribution in [2.24, 2.45) is 0 Å². The van der Waals surface area contributed by atoms with Crippen molar-refractivity contribution in [1.29, 1.82) is 0 Å². The predicted octanol–water partition coefficient (Wildman–Crippen LogP) is 4.37. The van der Waals surface area contributed by atoms with Gasteiger partial charge in [-0.3, -0.25) is 0 Å². The predicted molar refractivity (Wildman–Crippen MR) is 75.9 cm³/mol. The quantitative estimate of drug-likeness (QED) is 0.702. The van der Waals surface area contributed by atoms with Crippen LogP contribution in [0.3, 0.4) is 0 Å². The minimum Gasteiger partial charge on any atom is -0.485 e. The summed E-state index contributed by atoms with van der Waals surface area (Å²) in [5.74, 6) is 1.34. The van der Waals surface area contributed by atoms with Crippen LogP contribution in [0.25, 0.3) is 6.08 Å². The van der Waals surface area contributed by atoms with Crippen molar-refractivity contribution >= 4 is 22.0 Å². The average Bonchev–Trinajstić information content (AvgIpc) is 2.76. The maximum Gasteiger partial charge on any atom is 0.128 e. The van der Waals surface area contributed by atoms with E-state index in [9.17, 15) is 0 Å². The normalized spacial score (nSPS) is 22.9. The number of benzene rings is 2. The van der Waals surface area contributed by atoms with Gasteiger partial charge < -0.3 is 4.74 Å². The summed E-state index contributed by atoms with van der Waals surface area (Å²) in [5, 5.41) is 0. The van der Waals surface area contributed by atoms with Gasteiger partial charge in [-0.1, -0.05) is 52.3 Å². The van der Waals surface area contributed by atoms with Gasteiger partial charge in [-0.25, -0.2) is 0 Å². The highest BCUT2D eigenvalue weighted by molar-refractivity contribution is 9.10. The first-order chi connectivity index (χ1) is 8.83. The Morgan fingerprint density at radius 1 is 1.00 bits per heavy atom. The smallest absolute Gasteiger partial charge is 0.128 e. The summed E-state index contributed by atoms with van der Waals surface area (Å²) in [5.41, 5.74) is 3.96. The number of hydrogen-bond donors (Lipinski definition) is 0. The molecule has 2 aliphatic rings. The molecule has 2 heteroatoms. The standard InChI is InChI=1S/C16H11BrO/c17-11-6-7-13-15(9-11)18-14-8-5-10-3-1-2-4-12(10)16(13)14/h1-9,14,16H. The number of ether oxygens (including phenoxy) is 1. The third-order valence-electron chi connectivity index (χ3n) is 3.70. The second-order valence-electron chi connectivity index (χ2n) is 4.73. The van der Waals surface area contributed by atoms with Crippen LogP contribution in [0.5, 0.6) is 5.75 Å². The van der Waals surface area contributed by atoms with E-state index in [1.54, 1.807) is 0 Å². The van der Waals surface area contributed by atoms with Crippen molar-refractivity contribution in [2.75, 3.05) is 0 Å². The van der Waals surface area contributed by atoms with E-state index in [1.807, 2.05) is 0 Å². The van der Waals surface area contributed by atoms with Crippen LogP contribution in [0.2, 0.25) is 0 Å². The SMILES string of the molecule is Brc1ccc2c(c1)OC1C=Cc3ccccc3C21. The highest BCUT2D eigenvalue weighted by Gasteiger charge is 2.36. The van der Waals surface area contributed by atoms with Crippen molar-refractivity contribution in [1.82, 2.24) is 0 Å². The minimum atomic E-state index is 0.143. The van der Waals surface area contributed by atoms with Gasteiger partial charge in [0.2, 0.25) is 0 Å². The zero-order valence-electron chi connectivity index (χ0n) is 9.64. The van der Waals surface area contributed by atoms with Crippen LogP contribution < -0.4 is 4.74 Å². The minimum absolute atomic E-state index is 0.143. The van der Waals surface area contributed by atoms with Gasteiger partial charge in [0.15, 0.2) is 0 Å². The average molecular weight is 299 g/mol. The largest absolute Gasteiger partial charge is 0.485 e. The van der Waals surface area contributed by atoms with Gasteiger partial charge in [0.25, 0.3) is 0 Å². The van der Waals surface area contributed by atoms with Crippen LogP contribution in [-0.2, 0) is 0 Å². The van der Waals surface area contributed by atoms with Gasteiger partial charge in [0.1, 0.15) is 11.9 Å². The Labute approximate surface area is 114 Å². The summed E-state index contributed by atoms with van der Waals surface area (Å²) in [6.45, 7) is 0. The lowest BCUT2D eigenvalue weighted by Gasteiger charge is -2.22. The fourth-order valence-corrected chi connectivity index (χ4v) is 3.24. The Bertz CT molecular complexity index is 660. The molecule has 2 aromatic carbocycles. The fraction of sp³-hybridized carbons (Fsp3) is 0.125. The van der Waals surface area contributed by atoms with E-state index in [2.05, 4.69) is 70.5 Å². The molecular weight excluding hydrogens is 288 g/mol. The third kappa shape index (κ3) is 1.39. The van der Waals surface area contributed by atoms with Gasteiger partial charge in [0, 0.05) is 10.0 Å². The molecule has 0 saturated carbocycles. The van der Waals surface area contributed by atoms with Crippen LogP contribution in [0.4, 0.5) is 0 Å². The van der Waals surface area contributed by atoms with Crippen LogP contribution in [0, 0.1) is 0 Å². The second-order valence-corrected chi connectivity index (χ2v) is 5.65. The lowest BCUT2D eigenvalue weighted by atomic mass is 9.82. The molecule has 2 atom stereocenters. The van der Waals surface area contributed by atoms with Gasteiger partial charge in [-0.05, 0) is 29.3 Å². The molecule has 0 N–H and O–H groups in total. The Hall–Kier alpha value is -1.54. The molecule has 88 valence electrons. The Morgan fingerprint density at radius 2 is 1.89 bits per heavy atom. The maximum atomic E-state index is 6.03. The van der Waals surface area contributed by atoms with Crippen LogP contribution in [-0.4, -0.2) is 6.10 Å². The Kier molecular flexibility index (Phi) is 2.15.